The summed E-state index contributed by atoms with van der Waals surface area (Å²) in [6, 6.07) is 0.270. The van der Waals surface area contributed by atoms with Gasteiger partial charge in [0, 0.05) is 26.2 Å². The Hall–Kier alpha value is -1.26. The molecule has 0 N–H and O–H groups in total. The van der Waals surface area contributed by atoms with Gasteiger partial charge in [-0.05, 0) is 76.0 Å². The maximum absolute atomic E-state index is 13.4. The van der Waals surface area contributed by atoms with E-state index in [1.165, 1.54) is 19.3 Å². The number of likely N-dealkylation sites (tertiary alicyclic amines) is 1. The molecule has 5 nitrogen and oxygen atoms in total. The maximum atomic E-state index is 13.4. The highest BCUT2D eigenvalue weighted by Crippen LogP contribution is 2.60. The van der Waals surface area contributed by atoms with Crippen LogP contribution in [0.3, 0.4) is 0 Å². The van der Waals surface area contributed by atoms with Crippen LogP contribution in [0.5, 0.6) is 0 Å². The van der Waals surface area contributed by atoms with E-state index in [4.69, 9.17) is 4.74 Å². The first-order chi connectivity index (χ1) is 12.0. The lowest BCUT2D eigenvalue weighted by Crippen LogP contribution is -2.57. The second-order valence-electron chi connectivity index (χ2n) is 9.03. The molecule has 2 amide bonds. The fourth-order valence-electron chi connectivity index (χ4n) is 6.56. The van der Waals surface area contributed by atoms with Crippen LogP contribution in [-0.2, 0) is 9.53 Å². The molecule has 0 unspecified atom stereocenters. The third-order valence-corrected chi connectivity index (χ3v) is 7.35. The normalized spacial score (nSPS) is 37.2. The summed E-state index contributed by atoms with van der Waals surface area (Å²) in [4.78, 5) is 29.1. The lowest BCUT2D eigenvalue weighted by Gasteiger charge is -2.57. The van der Waals surface area contributed by atoms with Crippen LogP contribution < -0.4 is 0 Å². The molecule has 25 heavy (non-hydrogen) atoms. The summed E-state index contributed by atoms with van der Waals surface area (Å²) in [5.74, 6) is 2.80. The molecule has 0 aromatic heterocycles. The van der Waals surface area contributed by atoms with Crippen molar-refractivity contribution in [2.24, 2.45) is 23.2 Å². The maximum Gasteiger partial charge on any atom is 0.409 e. The molecular formula is C20H32N2O3. The lowest BCUT2D eigenvalue weighted by molar-refractivity contribution is -0.159. The van der Waals surface area contributed by atoms with Gasteiger partial charge in [0.2, 0.25) is 5.91 Å². The number of ether oxygens (including phenoxy) is 1. The zero-order valence-electron chi connectivity index (χ0n) is 15.7. The van der Waals surface area contributed by atoms with Gasteiger partial charge in [-0.25, -0.2) is 4.79 Å². The summed E-state index contributed by atoms with van der Waals surface area (Å²) in [6.45, 7) is 3.65. The van der Waals surface area contributed by atoms with Crippen molar-refractivity contribution < 1.29 is 14.3 Å². The van der Waals surface area contributed by atoms with E-state index in [2.05, 4.69) is 4.90 Å². The summed E-state index contributed by atoms with van der Waals surface area (Å²) in [5.41, 5.74) is -0.0538. The van der Waals surface area contributed by atoms with Crippen LogP contribution in [0, 0.1) is 23.2 Å². The van der Waals surface area contributed by atoms with Gasteiger partial charge in [-0.3, -0.25) is 4.79 Å². The van der Waals surface area contributed by atoms with Gasteiger partial charge in [-0.1, -0.05) is 0 Å². The molecule has 5 aliphatic rings. The molecule has 0 aromatic rings. The molecule has 140 valence electrons. The monoisotopic (exact) mass is 348 g/mol. The molecule has 1 saturated heterocycles. The predicted molar refractivity (Wildman–Crippen MR) is 95.0 cm³/mol. The minimum atomic E-state index is -0.212. The molecule has 0 radical (unpaired) electrons. The Kier molecular flexibility index (Phi) is 4.45. The second-order valence-corrected chi connectivity index (χ2v) is 9.03. The molecule has 4 saturated carbocycles. The number of amides is 2. The van der Waals surface area contributed by atoms with E-state index >= 15 is 0 Å². The quantitative estimate of drug-likeness (QED) is 0.786. The molecule has 1 heterocycles. The average molecular weight is 348 g/mol. The molecule has 0 atom stereocenters. The first-order valence-electron chi connectivity index (χ1n) is 10.2. The van der Waals surface area contributed by atoms with Gasteiger partial charge in [-0.2, -0.15) is 0 Å². The van der Waals surface area contributed by atoms with Gasteiger partial charge in [-0.15, -0.1) is 0 Å². The standard InChI is InChI=1S/C20H32N2O3/c1-3-25-19(24)22-6-4-17(5-7-22)21(2)18(23)20-11-14-8-15(12-20)10-16(9-14)13-20/h14-17H,3-13H2,1-2H3. The van der Waals surface area contributed by atoms with Gasteiger partial charge in [0.15, 0.2) is 0 Å². The number of hydrogen-bond acceptors (Lipinski definition) is 3. The van der Waals surface area contributed by atoms with Crippen molar-refractivity contribution in [3.63, 3.8) is 0 Å². The van der Waals surface area contributed by atoms with Crippen LogP contribution in [-0.4, -0.2) is 54.6 Å². The van der Waals surface area contributed by atoms with Gasteiger partial charge in [0.05, 0.1) is 12.0 Å². The van der Waals surface area contributed by atoms with E-state index < -0.39 is 0 Å². The van der Waals surface area contributed by atoms with Crippen LogP contribution in [0.25, 0.3) is 0 Å². The fraction of sp³-hybridized carbons (Fsp3) is 0.900. The van der Waals surface area contributed by atoms with Gasteiger partial charge in [0.1, 0.15) is 0 Å². The van der Waals surface area contributed by atoms with Crippen LogP contribution in [0.15, 0.2) is 0 Å². The highest BCUT2D eigenvalue weighted by atomic mass is 16.6. The first kappa shape index (κ1) is 17.2. The topological polar surface area (TPSA) is 49.9 Å². The van der Waals surface area contributed by atoms with E-state index in [9.17, 15) is 9.59 Å². The van der Waals surface area contributed by atoms with Gasteiger partial charge in [0.25, 0.3) is 0 Å². The van der Waals surface area contributed by atoms with Crippen LogP contribution in [0.4, 0.5) is 4.79 Å². The number of carbonyl (C=O) groups is 2. The highest BCUT2D eigenvalue weighted by molar-refractivity contribution is 5.83. The number of nitrogens with zero attached hydrogens (tertiary/aromatic N) is 2. The Bertz CT molecular complexity index is 504. The average Bonchev–Trinajstić information content (AvgIpc) is 2.59. The number of piperidine rings is 1. The third kappa shape index (κ3) is 3.04. The molecule has 5 heteroatoms. The largest absolute Gasteiger partial charge is 0.450 e. The molecule has 5 fully saturated rings. The molecule has 5 rings (SSSR count). The smallest absolute Gasteiger partial charge is 0.409 e. The Balaban J connectivity index is 1.38. The summed E-state index contributed by atoms with van der Waals surface area (Å²) in [7, 11) is 2.01. The van der Waals surface area contributed by atoms with Crippen molar-refractivity contribution in [3.05, 3.63) is 0 Å². The van der Waals surface area contributed by atoms with E-state index in [0.717, 1.165) is 49.9 Å². The zero-order valence-corrected chi connectivity index (χ0v) is 15.7. The van der Waals surface area contributed by atoms with E-state index in [1.54, 1.807) is 4.90 Å². The first-order valence-corrected chi connectivity index (χ1v) is 10.2. The summed E-state index contributed by atoms with van der Waals surface area (Å²) in [5, 5.41) is 0. The fourth-order valence-corrected chi connectivity index (χ4v) is 6.56. The second kappa shape index (κ2) is 6.48. The zero-order chi connectivity index (χ0) is 17.6. The Morgan fingerprint density at radius 1 is 1.04 bits per heavy atom. The molecular weight excluding hydrogens is 316 g/mol. The Morgan fingerprint density at radius 3 is 2.04 bits per heavy atom. The number of carbonyl (C=O) groups excluding carboxylic acids is 2. The minimum Gasteiger partial charge on any atom is -0.450 e. The predicted octanol–water partition coefficient (Wildman–Crippen LogP) is 3.28. The van der Waals surface area contributed by atoms with Crippen molar-refractivity contribution >= 4 is 12.0 Å². The van der Waals surface area contributed by atoms with Gasteiger partial charge >= 0.3 is 6.09 Å². The molecule has 4 bridgehead atoms. The number of rotatable bonds is 3. The summed E-state index contributed by atoms with van der Waals surface area (Å²) in [6.07, 6.45) is 9.02. The third-order valence-electron chi connectivity index (χ3n) is 7.35. The van der Waals surface area contributed by atoms with Crippen molar-refractivity contribution in [2.75, 3.05) is 26.7 Å². The SMILES string of the molecule is CCOC(=O)N1CCC(N(C)C(=O)C23CC4CC(CC(C4)C2)C3)CC1. The van der Waals surface area contributed by atoms with E-state index in [-0.39, 0.29) is 17.6 Å². The molecule has 4 aliphatic carbocycles. The highest BCUT2D eigenvalue weighted by Gasteiger charge is 2.55. The molecule has 1 aliphatic heterocycles. The molecule has 0 aromatic carbocycles. The van der Waals surface area contributed by atoms with Crippen molar-refractivity contribution in [3.8, 4) is 0 Å². The minimum absolute atomic E-state index is 0.0538. The summed E-state index contributed by atoms with van der Waals surface area (Å²) >= 11 is 0. The van der Waals surface area contributed by atoms with E-state index in [1.807, 2.05) is 14.0 Å². The van der Waals surface area contributed by atoms with Crippen LogP contribution in [0.1, 0.15) is 58.3 Å². The van der Waals surface area contributed by atoms with E-state index in [0.29, 0.717) is 25.6 Å². The summed E-state index contributed by atoms with van der Waals surface area (Å²) < 4.78 is 5.10. The Morgan fingerprint density at radius 2 is 1.56 bits per heavy atom. The van der Waals surface area contributed by atoms with Crippen LogP contribution in [0.2, 0.25) is 0 Å². The molecule has 0 spiro atoms. The lowest BCUT2D eigenvalue weighted by atomic mass is 9.49. The number of hydrogen-bond donors (Lipinski definition) is 0. The Labute approximate surface area is 151 Å². The van der Waals surface area contributed by atoms with Crippen LogP contribution >= 0.6 is 0 Å². The van der Waals surface area contributed by atoms with Crippen molar-refractivity contribution in [1.82, 2.24) is 9.80 Å². The van der Waals surface area contributed by atoms with Crippen molar-refractivity contribution in [2.45, 2.75) is 64.3 Å². The van der Waals surface area contributed by atoms with Gasteiger partial charge < -0.3 is 14.5 Å². The van der Waals surface area contributed by atoms with Crippen molar-refractivity contribution in [1.29, 1.82) is 0 Å².